The molecule has 0 saturated heterocycles. The predicted octanol–water partition coefficient (Wildman–Crippen LogP) is 0.699. The number of aromatic nitrogens is 3. The molecule has 2 amide bonds. The number of pyridine rings is 1. The lowest BCUT2D eigenvalue weighted by atomic mass is 10.1. The van der Waals surface area contributed by atoms with Crippen molar-refractivity contribution in [3.05, 3.63) is 68.5 Å². The van der Waals surface area contributed by atoms with Gasteiger partial charge in [0.05, 0.1) is 17.3 Å². The van der Waals surface area contributed by atoms with Crippen molar-refractivity contribution >= 4 is 28.5 Å². The number of amides is 2. The fourth-order valence-electron chi connectivity index (χ4n) is 2.97. The number of rotatable bonds is 5. The van der Waals surface area contributed by atoms with E-state index in [0.29, 0.717) is 11.3 Å². The highest BCUT2D eigenvalue weighted by Crippen LogP contribution is 2.12. The van der Waals surface area contributed by atoms with Gasteiger partial charge in [-0.3, -0.25) is 23.5 Å². The number of anilines is 1. The first-order valence-corrected chi connectivity index (χ1v) is 8.99. The first-order chi connectivity index (χ1) is 13.8. The number of hydrogen-bond acceptors (Lipinski definition) is 5. The van der Waals surface area contributed by atoms with Gasteiger partial charge in [-0.2, -0.15) is 0 Å². The van der Waals surface area contributed by atoms with Crippen molar-refractivity contribution < 1.29 is 9.59 Å². The number of hydrogen-bond donors (Lipinski definition) is 2. The molecule has 9 heteroatoms. The first kappa shape index (κ1) is 20.0. The molecular weight excluding hydrogens is 374 g/mol. The summed E-state index contributed by atoms with van der Waals surface area (Å²) in [6, 6.07) is 8.67. The molecule has 0 aliphatic heterocycles. The SMILES string of the molecule is Cc1ccccc1C(=O)NCCC(=O)Nc1cnc2c(c1)c(=O)n(C)c(=O)n2C. The van der Waals surface area contributed by atoms with E-state index in [2.05, 4.69) is 15.6 Å². The second kappa shape index (κ2) is 8.09. The van der Waals surface area contributed by atoms with Crippen LogP contribution in [0.15, 0.2) is 46.1 Å². The molecule has 0 radical (unpaired) electrons. The van der Waals surface area contributed by atoms with Gasteiger partial charge in [-0.25, -0.2) is 9.78 Å². The van der Waals surface area contributed by atoms with Crippen molar-refractivity contribution in [2.45, 2.75) is 13.3 Å². The number of aryl methyl sites for hydroxylation is 2. The van der Waals surface area contributed by atoms with Crippen molar-refractivity contribution in [3.8, 4) is 0 Å². The fourth-order valence-corrected chi connectivity index (χ4v) is 2.97. The minimum Gasteiger partial charge on any atom is -0.352 e. The van der Waals surface area contributed by atoms with Gasteiger partial charge < -0.3 is 10.6 Å². The second-order valence-electron chi connectivity index (χ2n) is 6.67. The molecule has 150 valence electrons. The molecule has 3 aromatic rings. The molecule has 0 aliphatic carbocycles. The van der Waals surface area contributed by atoms with Crippen molar-refractivity contribution in [2.75, 3.05) is 11.9 Å². The van der Waals surface area contributed by atoms with Crippen LogP contribution in [-0.2, 0) is 18.9 Å². The number of carbonyl (C=O) groups excluding carboxylic acids is 2. The Kier molecular flexibility index (Phi) is 5.58. The molecule has 0 unspecified atom stereocenters. The van der Waals surface area contributed by atoms with Crippen LogP contribution in [0.5, 0.6) is 0 Å². The third-order valence-electron chi connectivity index (χ3n) is 4.60. The van der Waals surface area contributed by atoms with Gasteiger partial charge in [-0.1, -0.05) is 18.2 Å². The minimum atomic E-state index is -0.489. The molecule has 2 heterocycles. The molecule has 3 rings (SSSR count). The average molecular weight is 395 g/mol. The van der Waals surface area contributed by atoms with E-state index in [1.165, 1.54) is 30.9 Å². The lowest BCUT2D eigenvalue weighted by Crippen LogP contribution is -2.37. The van der Waals surface area contributed by atoms with Gasteiger partial charge in [0.1, 0.15) is 5.65 Å². The molecule has 29 heavy (non-hydrogen) atoms. The Hall–Kier alpha value is -3.75. The van der Waals surface area contributed by atoms with Crippen LogP contribution in [-0.4, -0.2) is 32.5 Å². The van der Waals surface area contributed by atoms with Crippen LogP contribution in [0.3, 0.4) is 0 Å². The summed E-state index contributed by atoms with van der Waals surface area (Å²) in [6.45, 7) is 2.00. The Balaban J connectivity index is 1.66. The van der Waals surface area contributed by atoms with Crippen molar-refractivity contribution in [3.63, 3.8) is 0 Å². The Bertz CT molecular complexity index is 1230. The molecule has 9 nitrogen and oxygen atoms in total. The monoisotopic (exact) mass is 395 g/mol. The lowest BCUT2D eigenvalue weighted by molar-refractivity contribution is -0.116. The topological polar surface area (TPSA) is 115 Å². The van der Waals surface area contributed by atoms with E-state index in [9.17, 15) is 19.2 Å². The van der Waals surface area contributed by atoms with E-state index < -0.39 is 11.2 Å². The van der Waals surface area contributed by atoms with Crippen LogP contribution in [0.4, 0.5) is 5.69 Å². The quantitative estimate of drug-likeness (QED) is 0.660. The molecule has 0 aliphatic rings. The number of benzene rings is 1. The highest BCUT2D eigenvalue weighted by Gasteiger charge is 2.12. The maximum atomic E-state index is 12.3. The zero-order valence-corrected chi connectivity index (χ0v) is 16.4. The van der Waals surface area contributed by atoms with Gasteiger partial charge in [-0.15, -0.1) is 0 Å². The van der Waals surface area contributed by atoms with Gasteiger partial charge in [0.25, 0.3) is 11.5 Å². The third-order valence-corrected chi connectivity index (χ3v) is 4.60. The molecule has 0 fully saturated rings. The van der Waals surface area contributed by atoms with E-state index in [1.54, 1.807) is 12.1 Å². The summed E-state index contributed by atoms with van der Waals surface area (Å²) in [4.78, 5) is 52.7. The largest absolute Gasteiger partial charge is 0.352 e. The third kappa shape index (κ3) is 4.08. The van der Waals surface area contributed by atoms with Crippen LogP contribution in [0.2, 0.25) is 0 Å². The standard InChI is InChI=1S/C20H21N5O4/c1-12-6-4-5-7-14(12)18(27)21-9-8-16(26)23-13-10-15-17(22-11-13)24(2)20(29)25(3)19(15)28/h4-7,10-11H,8-9H2,1-3H3,(H,21,27)(H,23,26). The molecule has 1 aromatic carbocycles. The summed E-state index contributed by atoms with van der Waals surface area (Å²) >= 11 is 0. The summed E-state index contributed by atoms with van der Waals surface area (Å²) in [5.41, 5.74) is 1.03. The van der Waals surface area contributed by atoms with Gasteiger partial charge in [0.15, 0.2) is 0 Å². The van der Waals surface area contributed by atoms with Gasteiger partial charge in [0, 0.05) is 32.6 Å². The van der Waals surface area contributed by atoms with Gasteiger partial charge in [0.2, 0.25) is 5.91 Å². The molecule has 2 N–H and O–H groups in total. The van der Waals surface area contributed by atoms with Gasteiger partial charge >= 0.3 is 5.69 Å². The maximum absolute atomic E-state index is 12.3. The van der Waals surface area contributed by atoms with Crippen molar-refractivity contribution in [1.82, 2.24) is 19.4 Å². The van der Waals surface area contributed by atoms with Crippen molar-refractivity contribution in [1.29, 1.82) is 0 Å². The van der Waals surface area contributed by atoms with E-state index in [4.69, 9.17) is 0 Å². The average Bonchev–Trinajstić information content (AvgIpc) is 2.70. The first-order valence-electron chi connectivity index (χ1n) is 8.99. The number of nitrogens with zero attached hydrogens (tertiary/aromatic N) is 3. The highest BCUT2D eigenvalue weighted by molar-refractivity contribution is 5.96. The van der Waals surface area contributed by atoms with Crippen molar-refractivity contribution in [2.24, 2.45) is 14.1 Å². The number of nitrogens with one attached hydrogen (secondary N) is 2. The number of fused-ring (bicyclic) bond motifs is 1. The maximum Gasteiger partial charge on any atom is 0.332 e. The number of carbonyl (C=O) groups is 2. The summed E-state index contributed by atoms with van der Waals surface area (Å²) in [7, 11) is 2.90. The van der Waals surface area contributed by atoms with E-state index >= 15 is 0 Å². The van der Waals surface area contributed by atoms with E-state index in [0.717, 1.165) is 10.1 Å². The van der Waals surface area contributed by atoms with Crippen LogP contribution in [0.25, 0.3) is 11.0 Å². The Morgan fingerprint density at radius 2 is 1.83 bits per heavy atom. The van der Waals surface area contributed by atoms with E-state index in [1.807, 2.05) is 19.1 Å². The van der Waals surface area contributed by atoms with Crippen LogP contribution >= 0.6 is 0 Å². The normalized spacial score (nSPS) is 10.7. The zero-order valence-electron chi connectivity index (χ0n) is 16.4. The molecule has 0 saturated carbocycles. The molecule has 0 bridgehead atoms. The van der Waals surface area contributed by atoms with Gasteiger partial charge in [-0.05, 0) is 24.6 Å². The fraction of sp³-hybridized carbons (Fsp3) is 0.250. The Labute approximate surface area is 166 Å². The molecule has 0 spiro atoms. The summed E-state index contributed by atoms with van der Waals surface area (Å²) in [5, 5.41) is 5.58. The molecule has 2 aromatic heterocycles. The molecular formula is C20H21N5O4. The Morgan fingerprint density at radius 1 is 1.10 bits per heavy atom. The smallest absolute Gasteiger partial charge is 0.332 e. The minimum absolute atomic E-state index is 0.0565. The zero-order chi connectivity index (χ0) is 21.1. The summed E-state index contributed by atoms with van der Waals surface area (Å²) < 4.78 is 2.25. The second-order valence-corrected chi connectivity index (χ2v) is 6.67. The Morgan fingerprint density at radius 3 is 2.55 bits per heavy atom. The van der Waals surface area contributed by atoms with E-state index in [-0.39, 0.29) is 35.8 Å². The summed E-state index contributed by atoms with van der Waals surface area (Å²) in [6.07, 6.45) is 1.44. The molecule has 0 atom stereocenters. The lowest BCUT2D eigenvalue weighted by Gasteiger charge is -2.10. The summed E-state index contributed by atoms with van der Waals surface area (Å²) in [5.74, 6) is -0.578. The van der Waals surface area contributed by atoms with Crippen LogP contribution in [0.1, 0.15) is 22.3 Å². The van der Waals surface area contributed by atoms with Crippen LogP contribution in [0, 0.1) is 6.92 Å². The van der Waals surface area contributed by atoms with Crippen LogP contribution < -0.4 is 21.9 Å². The predicted molar refractivity (Wildman–Crippen MR) is 109 cm³/mol. The highest BCUT2D eigenvalue weighted by atomic mass is 16.2.